The van der Waals surface area contributed by atoms with Crippen molar-refractivity contribution in [3.05, 3.63) is 22.3 Å². The van der Waals surface area contributed by atoms with Gasteiger partial charge in [-0.1, -0.05) is 5.16 Å². The quantitative estimate of drug-likeness (QED) is 0.207. The number of β-lactam (4-membered cyclic amide) rings is 1. The standard InChI is InChI=1S/C19H23N5O7S2/c1-19(2,3)17(29)31-5-8-6-32-15-11(14(26)24(15)12(8)16(27)28)22-13(25)10(23-30-4)9-7-33-18(20)21-9/h7,11,15H,5-6H2,1-4H3,(H2,20,21)(H,22,25)(H,27,28)/b23-10+/t11?,15-/m1/s1. The first-order valence-electron chi connectivity index (χ1n) is 9.66. The predicted molar refractivity (Wildman–Crippen MR) is 120 cm³/mol. The van der Waals surface area contributed by atoms with Gasteiger partial charge in [0.15, 0.2) is 10.8 Å². The Hall–Kier alpha value is -3.13. The number of nitrogen functional groups attached to an aromatic ring is 1. The summed E-state index contributed by atoms with van der Waals surface area (Å²) < 4.78 is 5.24. The molecule has 14 heteroatoms. The zero-order valence-electron chi connectivity index (χ0n) is 18.3. The molecule has 0 aliphatic carbocycles. The molecule has 0 bridgehead atoms. The van der Waals surface area contributed by atoms with Gasteiger partial charge in [0.25, 0.3) is 11.8 Å². The molecule has 2 aliphatic heterocycles. The first kappa shape index (κ1) is 24.5. The Kier molecular flexibility index (Phi) is 6.97. The van der Waals surface area contributed by atoms with Crippen LogP contribution in [0.1, 0.15) is 26.5 Å². The molecular formula is C19H23N5O7S2. The van der Waals surface area contributed by atoms with Crippen molar-refractivity contribution in [1.29, 1.82) is 0 Å². The fourth-order valence-corrected chi connectivity index (χ4v) is 4.94. The second-order valence-electron chi connectivity index (χ2n) is 8.14. The molecule has 0 aromatic carbocycles. The molecule has 3 rings (SSSR count). The van der Waals surface area contributed by atoms with Crippen LogP contribution in [-0.4, -0.2) is 75.3 Å². The number of carbonyl (C=O) groups excluding carboxylic acids is 3. The van der Waals surface area contributed by atoms with Crippen LogP contribution in [0.3, 0.4) is 0 Å². The molecule has 0 radical (unpaired) electrons. The Labute approximate surface area is 197 Å². The number of esters is 1. The number of carbonyl (C=O) groups is 4. The molecule has 2 atom stereocenters. The number of carboxylic acid groups (broad SMARTS) is 1. The lowest BCUT2D eigenvalue weighted by Crippen LogP contribution is -2.71. The summed E-state index contributed by atoms with van der Waals surface area (Å²) in [5, 5.41) is 17.1. The lowest BCUT2D eigenvalue weighted by atomic mass is 9.97. The van der Waals surface area contributed by atoms with E-state index in [1.807, 2.05) is 0 Å². The van der Waals surface area contributed by atoms with Crippen molar-refractivity contribution in [2.24, 2.45) is 10.6 Å². The van der Waals surface area contributed by atoms with Crippen LogP contribution in [-0.2, 0) is 28.8 Å². The highest BCUT2D eigenvalue weighted by Crippen LogP contribution is 2.40. The molecule has 0 saturated carbocycles. The minimum Gasteiger partial charge on any atom is -0.477 e. The zero-order valence-corrected chi connectivity index (χ0v) is 19.9. The molecule has 2 amide bonds. The van der Waals surface area contributed by atoms with E-state index in [4.69, 9.17) is 15.3 Å². The molecular weight excluding hydrogens is 474 g/mol. The molecule has 33 heavy (non-hydrogen) atoms. The fraction of sp³-hybridized carbons (Fsp3) is 0.474. The van der Waals surface area contributed by atoms with E-state index in [1.165, 1.54) is 24.3 Å². The van der Waals surface area contributed by atoms with Gasteiger partial charge in [0, 0.05) is 16.7 Å². The van der Waals surface area contributed by atoms with Gasteiger partial charge in [-0.3, -0.25) is 19.3 Å². The van der Waals surface area contributed by atoms with Gasteiger partial charge in [0.05, 0.1) is 5.41 Å². The average molecular weight is 498 g/mol. The van der Waals surface area contributed by atoms with Crippen molar-refractivity contribution in [2.75, 3.05) is 25.2 Å². The summed E-state index contributed by atoms with van der Waals surface area (Å²) >= 11 is 2.36. The molecule has 1 unspecified atom stereocenters. The first-order valence-corrected chi connectivity index (χ1v) is 11.6. The molecule has 3 heterocycles. The number of rotatable bonds is 7. The number of nitrogens with one attached hydrogen (secondary N) is 1. The number of hydrogen-bond acceptors (Lipinski definition) is 11. The second kappa shape index (κ2) is 9.39. The van der Waals surface area contributed by atoms with Crippen molar-refractivity contribution in [2.45, 2.75) is 32.2 Å². The third-order valence-corrected chi connectivity index (χ3v) is 6.70. The van der Waals surface area contributed by atoms with Gasteiger partial charge in [-0.15, -0.1) is 23.1 Å². The van der Waals surface area contributed by atoms with Crippen LogP contribution in [0.15, 0.2) is 21.8 Å². The average Bonchev–Trinajstić information content (AvgIpc) is 3.17. The van der Waals surface area contributed by atoms with E-state index in [9.17, 15) is 24.3 Å². The second-order valence-corrected chi connectivity index (χ2v) is 10.1. The summed E-state index contributed by atoms with van der Waals surface area (Å²) in [7, 11) is 1.26. The van der Waals surface area contributed by atoms with Gasteiger partial charge in [-0.05, 0) is 20.8 Å². The molecule has 0 spiro atoms. The largest absolute Gasteiger partial charge is 0.477 e. The Balaban J connectivity index is 1.75. The van der Waals surface area contributed by atoms with Gasteiger partial charge in [0.2, 0.25) is 0 Å². The van der Waals surface area contributed by atoms with E-state index in [0.29, 0.717) is 5.57 Å². The first-order chi connectivity index (χ1) is 15.5. The maximum absolute atomic E-state index is 12.8. The maximum Gasteiger partial charge on any atom is 0.352 e. The molecule has 12 nitrogen and oxygen atoms in total. The van der Waals surface area contributed by atoms with E-state index in [-0.39, 0.29) is 34.6 Å². The molecule has 2 aliphatic rings. The van der Waals surface area contributed by atoms with Crippen LogP contribution in [0, 0.1) is 5.41 Å². The fourth-order valence-electron chi connectivity index (χ4n) is 3.07. The Morgan fingerprint density at radius 1 is 1.39 bits per heavy atom. The highest BCUT2D eigenvalue weighted by Gasteiger charge is 2.54. The van der Waals surface area contributed by atoms with Crippen LogP contribution in [0.2, 0.25) is 0 Å². The molecule has 1 aromatic rings. The third-order valence-electron chi connectivity index (χ3n) is 4.69. The van der Waals surface area contributed by atoms with Gasteiger partial charge >= 0.3 is 11.9 Å². The summed E-state index contributed by atoms with van der Waals surface area (Å²) in [5.74, 6) is -2.92. The van der Waals surface area contributed by atoms with E-state index in [0.717, 1.165) is 16.2 Å². The number of fused-ring (bicyclic) bond motifs is 1. The zero-order chi connectivity index (χ0) is 24.5. The lowest BCUT2D eigenvalue weighted by molar-refractivity contribution is -0.153. The minimum atomic E-state index is -1.32. The number of amides is 2. The van der Waals surface area contributed by atoms with Gasteiger partial charge in [0.1, 0.15) is 36.5 Å². The van der Waals surface area contributed by atoms with Crippen molar-refractivity contribution in [3.63, 3.8) is 0 Å². The van der Waals surface area contributed by atoms with Crippen LogP contribution in [0.4, 0.5) is 5.13 Å². The Morgan fingerprint density at radius 2 is 2.09 bits per heavy atom. The Morgan fingerprint density at radius 3 is 2.64 bits per heavy atom. The van der Waals surface area contributed by atoms with Gasteiger partial charge in [-0.2, -0.15) is 0 Å². The monoisotopic (exact) mass is 497 g/mol. The number of aliphatic carboxylic acids is 1. The minimum absolute atomic E-state index is 0.165. The summed E-state index contributed by atoms with van der Waals surface area (Å²) in [6, 6.07) is -0.978. The van der Waals surface area contributed by atoms with E-state index >= 15 is 0 Å². The number of nitrogens with two attached hydrogens (primary N) is 1. The van der Waals surface area contributed by atoms with Crippen molar-refractivity contribution < 1.29 is 33.9 Å². The number of aromatic nitrogens is 1. The molecule has 1 aromatic heterocycles. The Bertz CT molecular complexity index is 1060. The van der Waals surface area contributed by atoms with Gasteiger partial charge < -0.3 is 25.7 Å². The number of anilines is 1. The smallest absolute Gasteiger partial charge is 0.352 e. The highest BCUT2D eigenvalue weighted by molar-refractivity contribution is 8.00. The summed E-state index contributed by atoms with van der Waals surface area (Å²) in [5.41, 5.74) is 4.94. The van der Waals surface area contributed by atoms with Crippen molar-refractivity contribution in [1.82, 2.24) is 15.2 Å². The van der Waals surface area contributed by atoms with E-state index in [1.54, 1.807) is 20.8 Å². The number of thioether (sulfide) groups is 1. The number of hydrogen-bond donors (Lipinski definition) is 3. The lowest BCUT2D eigenvalue weighted by Gasteiger charge is -2.49. The highest BCUT2D eigenvalue weighted by atomic mass is 32.2. The normalized spacial score (nSPS) is 20.7. The number of carboxylic acids is 1. The van der Waals surface area contributed by atoms with Crippen molar-refractivity contribution >= 4 is 57.7 Å². The number of ether oxygens (including phenoxy) is 1. The molecule has 1 saturated heterocycles. The molecule has 4 N–H and O–H groups in total. The summed E-state index contributed by atoms with van der Waals surface area (Å²) in [4.78, 5) is 59.3. The predicted octanol–water partition coefficient (Wildman–Crippen LogP) is 0.404. The topological polar surface area (TPSA) is 174 Å². The van der Waals surface area contributed by atoms with Crippen LogP contribution < -0.4 is 11.1 Å². The number of oxime groups is 1. The molecule has 1 fully saturated rings. The van der Waals surface area contributed by atoms with Gasteiger partial charge in [-0.25, -0.2) is 9.78 Å². The summed E-state index contributed by atoms with van der Waals surface area (Å²) in [6.07, 6.45) is 0. The SMILES string of the molecule is CO/N=C(/C(=O)NC1C(=O)N2C(C(=O)O)=C(COC(=O)C(C)(C)C)CS[C@H]12)c1csc(N)n1. The van der Waals surface area contributed by atoms with Crippen LogP contribution in [0.5, 0.6) is 0 Å². The van der Waals surface area contributed by atoms with Crippen molar-refractivity contribution in [3.8, 4) is 0 Å². The summed E-state index contributed by atoms with van der Waals surface area (Å²) in [6.45, 7) is 4.80. The maximum atomic E-state index is 12.8. The van der Waals surface area contributed by atoms with Crippen LogP contribution in [0.25, 0.3) is 0 Å². The number of thiazole rings is 1. The van der Waals surface area contributed by atoms with E-state index < -0.39 is 40.6 Å². The third kappa shape index (κ3) is 4.95. The molecule has 178 valence electrons. The van der Waals surface area contributed by atoms with E-state index in [2.05, 4.69) is 15.5 Å². The number of nitrogens with zero attached hydrogens (tertiary/aromatic N) is 3. The van der Waals surface area contributed by atoms with Crippen LogP contribution >= 0.6 is 23.1 Å².